The first kappa shape index (κ1) is 14.3. The van der Waals surface area contributed by atoms with Crippen LogP contribution in [0.3, 0.4) is 0 Å². The summed E-state index contributed by atoms with van der Waals surface area (Å²) in [5.74, 6) is 0.768. The average molecular weight is 313 g/mol. The summed E-state index contributed by atoms with van der Waals surface area (Å²) < 4.78 is 0. The molecule has 0 radical (unpaired) electrons. The van der Waals surface area contributed by atoms with Crippen LogP contribution in [0.25, 0.3) is 0 Å². The monoisotopic (exact) mass is 312 g/mol. The summed E-state index contributed by atoms with van der Waals surface area (Å²) in [7, 11) is 0. The molecule has 2 saturated carbocycles. The number of rotatable bonds is 1. The summed E-state index contributed by atoms with van der Waals surface area (Å²) in [6.07, 6.45) is 9.36. The second-order valence-corrected chi connectivity index (χ2v) is 6.94. The van der Waals surface area contributed by atoms with Gasteiger partial charge in [-0.3, -0.25) is 9.59 Å². The van der Waals surface area contributed by atoms with Gasteiger partial charge in [0.2, 0.25) is 5.78 Å². The number of carbonyl (C=O) groups is 2. The molecule has 3 unspecified atom stereocenters. The highest BCUT2D eigenvalue weighted by molar-refractivity contribution is 6.55. The molecule has 0 bridgehead atoms. The zero-order valence-corrected chi connectivity index (χ0v) is 12.8. The lowest BCUT2D eigenvalue weighted by atomic mass is 9.62. The van der Waals surface area contributed by atoms with E-state index in [2.05, 4.69) is 0 Å². The van der Waals surface area contributed by atoms with Gasteiger partial charge in [-0.1, -0.05) is 55.3 Å². The van der Waals surface area contributed by atoms with Gasteiger partial charge in [-0.25, -0.2) is 0 Å². The van der Waals surface area contributed by atoms with Gasteiger partial charge < -0.3 is 0 Å². The van der Waals surface area contributed by atoms with Crippen LogP contribution in [-0.4, -0.2) is 11.6 Å². The lowest BCUT2D eigenvalue weighted by molar-refractivity contribution is -0.115. The van der Waals surface area contributed by atoms with Crippen LogP contribution in [0.4, 0.5) is 0 Å². The maximum Gasteiger partial charge on any atom is 0.202 e. The van der Waals surface area contributed by atoms with Gasteiger partial charge in [-0.05, 0) is 30.6 Å². The molecule has 20 heavy (non-hydrogen) atoms. The molecule has 0 saturated heterocycles. The molecule has 3 atom stereocenters. The van der Waals surface area contributed by atoms with Gasteiger partial charge in [-0.2, -0.15) is 0 Å². The van der Waals surface area contributed by atoms with Gasteiger partial charge in [0.15, 0.2) is 5.78 Å². The third kappa shape index (κ3) is 2.37. The molecule has 3 aliphatic rings. The number of carbonyl (C=O) groups excluding carboxylic acids is 2. The Labute approximate surface area is 129 Å². The zero-order chi connectivity index (χ0) is 14.3. The lowest BCUT2D eigenvalue weighted by Gasteiger charge is -2.42. The maximum absolute atomic E-state index is 12.4. The van der Waals surface area contributed by atoms with Gasteiger partial charge in [-0.15, -0.1) is 0 Å². The Morgan fingerprint density at radius 3 is 2.45 bits per heavy atom. The molecule has 3 aliphatic carbocycles. The van der Waals surface area contributed by atoms with Gasteiger partial charge in [0.05, 0.1) is 10.1 Å². The van der Waals surface area contributed by atoms with E-state index in [1.807, 2.05) is 0 Å². The van der Waals surface area contributed by atoms with Crippen LogP contribution in [0.5, 0.6) is 0 Å². The zero-order valence-electron chi connectivity index (χ0n) is 11.3. The molecule has 0 spiro atoms. The molecule has 108 valence electrons. The van der Waals surface area contributed by atoms with Gasteiger partial charge >= 0.3 is 0 Å². The van der Waals surface area contributed by atoms with Crippen molar-refractivity contribution in [2.45, 2.75) is 44.9 Å². The molecular formula is C16H18Cl2O2. The summed E-state index contributed by atoms with van der Waals surface area (Å²) in [6.45, 7) is 0. The quantitative estimate of drug-likeness (QED) is 0.674. The van der Waals surface area contributed by atoms with Crippen molar-refractivity contribution < 1.29 is 9.59 Å². The van der Waals surface area contributed by atoms with Gasteiger partial charge in [0.1, 0.15) is 0 Å². The molecule has 0 aliphatic heterocycles. The summed E-state index contributed by atoms with van der Waals surface area (Å²) in [5.41, 5.74) is 0.501. The van der Waals surface area contributed by atoms with E-state index in [-0.39, 0.29) is 27.5 Å². The minimum Gasteiger partial charge on any atom is -0.288 e. The Morgan fingerprint density at radius 2 is 1.65 bits per heavy atom. The number of hydrogen-bond acceptors (Lipinski definition) is 2. The van der Waals surface area contributed by atoms with Crippen molar-refractivity contribution in [1.29, 1.82) is 0 Å². The lowest BCUT2D eigenvalue weighted by Crippen LogP contribution is -2.35. The first-order valence-electron chi connectivity index (χ1n) is 7.45. The van der Waals surface area contributed by atoms with E-state index in [9.17, 15) is 9.59 Å². The van der Waals surface area contributed by atoms with E-state index in [4.69, 9.17) is 23.2 Å². The highest BCUT2D eigenvalue weighted by Gasteiger charge is 2.41. The van der Waals surface area contributed by atoms with Crippen molar-refractivity contribution in [3.05, 3.63) is 21.7 Å². The topological polar surface area (TPSA) is 34.1 Å². The normalized spacial score (nSPS) is 34.9. The molecular weight excluding hydrogens is 295 g/mol. The number of allylic oxidation sites excluding steroid dienone is 4. The highest BCUT2D eigenvalue weighted by atomic mass is 35.5. The van der Waals surface area contributed by atoms with Crippen molar-refractivity contribution in [2.24, 2.45) is 17.8 Å². The maximum atomic E-state index is 12.4. The number of ketones is 2. The fourth-order valence-electron chi connectivity index (χ4n) is 4.23. The molecule has 2 nitrogen and oxygen atoms in total. The van der Waals surface area contributed by atoms with Gasteiger partial charge in [0.25, 0.3) is 0 Å². The molecule has 0 aromatic heterocycles. The van der Waals surface area contributed by atoms with Crippen LogP contribution in [0.15, 0.2) is 21.7 Å². The van der Waals surface area contributed by atoms with E-state index in [1.54, 1.807) is 0 Å². The summed E-state index contributed by atoms with van der Waals surface area (Å²) in [5, 5.41) is 0.128. The van der Waals surface area contributed by atoms with Crippen molar-refractivity contribution in [2.75, 3.05) is 0 Å². The van der Waals surface area contributed by atoms with E-state index >= 15 is 0 Å². The van der Waals surface area contributed by atoms with Crippen LogP contribution in [0.2, 0.25) is 0 Å². The van der Waals surface area contributed by atoms with E-state index in [1.165, 1.54) is 25.7 Å². The Kier molecular flexibility index (Phi) is 4.05. The Hall–Kier alpha value is -0.600. The molecule has 0 heterocycles. The predicted octanol–water partition coefficient (Wildman–Crippen LogP) is 4.36. The Bertz CT molecular complexity index is 517. The van der Waals surface area contributed by atoms with Crippen molar-refractivity contribution >= 4 is 34.8 Å². The van der Waals surface area contributed by atoms with E-state index in [0.29, 0.717) is 17.4 Å². The number of hydrogen-bond donors (Lipinski definition) is 0. The van der Waals surface area contributed by atoms with Crippen LogP contribution in [0, 0.1) is 17.8 Å². The Balaban J connectivity index is 1.96. The van der Waals surface area contributed by atoms with Crippen molar-refractivity contribution in [1.82, 2.24) is 0 Å². The summed E-state index contributed by atoms with van der Waals surface area (Å²) in [6, 6.07) is 0. The minimum absolute atomic E-state index is 0.0207. The number of halogens is 2. The predicted molar refractivity (Wildman–Crippen MR) is 79.6 cm³/mol. The second kappa shape index (κ2) is 5.65. The average Bonchev–Trinajstić information content (AvgIpc) is 2.46. The molecule has 0 N–H and O–H groups in total. The standard InChI is InChI=1S/C16H18Cl2O2/c17-12-8-13(19)15(18)14(16(12)20)11-7-3-5-9-4-1-2-6-10(9)11/h8-11H,1-7H2. The largest absolute Gasteiger partial charge is 0.288 e. The van der Waals surface area contributed by atoms with Crippen molar-refractivity contribution in [3.8, 4) is 0 Å². The van der Waals surface area contributed by atoms with Gasteiger partial charge in [0, 0.05) is 11.6 Å². The third-order valence-electron chi connectivity index (χ3n) is 5.12. The molecule has 0 amide bonds. The highest BCUT2D eigenvalue weighted by Crippen LogP contribution is 2.48. The fraction of sp³-hybridized carbons (Fsp3) is 0.625. The smallest absolute Gasteiger partial charge is 0.202 e. The van der Waals surface area contributed by atoms with E-state index < -0.39 is 0 Å². The third-order valence-corrected chi connectivity index (χ3v) is 5.79. The molecule has 0 aromatic carbocycles. The fourth-order valence-corrected chi connectivity index (χ4v) is 4.71. The number of fused-ring (bicyclic) bond motifs is 1. The van der Waals surface area contributed by atoms with Crippen molar-refractivity contribution in [3.63, 3.8) is 0 Å². The summed E-state index contributed by atoms with van der Waals surface area (Å²) >= 11 is 12.1. The molecule has 4 heteroatoms. The SMILES string of the molecule is O=C1C=C(Cl)C(=O)C(C2CCCC3CCCCC32)=C1Cl. The van der Waals surface area contributed by atoms with Crippen LogP contribution in [-0.2, 0) is 9.59 Å². The first-order valence-corrected chi connectivity index (χ1v) is 8.21. The van der Waals surface area contributed by atoms with Crippen LogP contribution in [0.1, 0.15) is 44.9 Å². The number of Topliss-reactive ketones (excluding diaryl/α,β-unsaturated/α-hetero) is 1. The van der Waals surface area contributed by atoms with Crippen LogP contribution >= 0.6 is 23.2 Å². The molecule has 0 aromatic rings. The second-order valence-electron chi connectivity index (χ2n) is 6.16. The van der Waals surface area contributed by atoms with Crippen LogP contribution < -0.4 is 0 Å². The Morgan fingerprint density at radius 1 is 0.950 bits per heavy atom. The minimum atomic E-state index is -0.316. The molecule has 2 fully saturated rings. The summed E-state index contributed by atoms with van der Waals surface area (Å²) in [4.78, 5) is 24.2. The molecule has 3 rings (SSSR count). The van der Waals surface area contributed by atoms with E-state index in [0.717, 1.165) is 25.3 Å². The first-order chi connectivity index (χ1) is 9.59.